The predicted molar refractivity (Wildman–Crippen MR) is 57.8 cm³/mol. The van der Waals surface area contributed by atoms with Crippen molar-refractivity contribution in [3.63, 3.8) is 0 Å². The molecule has 0 unspecified atom stereocenters. The third kappa shape index (κ3) is 2.47. The third-order valence-corrected chi connectivity index (χ3v) is 2.18. The van der Waals surface area contributed by atoms with Gasteiger partial charge in [-0.2, -0.15) is 0 Å². The molecule has 0 spiro atoms. The van der Waals surface area contributed by atoms with Crippen LogP contribution in [0.2, 0.25) is 5.02 Å². The third-order valence-electron chi connectivity index (χ3n) is 1.82. The number of ether oxygens (including phenoxy) is 1. The molecule has 0 bridgehead atoms. The monoisotopic (exact) mass is 212 g/mol. The van der Waals surface area contributed by atoms with Crippen LogP contribution in [0.25, 0.3) is 0 Å². The molecular formula is C10H13ClN2O. The van der Waals surface area contributed by atoms with E-state index in [4.69, 9.17) is 27.5 Å². The summed E-state index contributed by atoms with van der Waals surface area (Å²) in [5.41, 5.74) is 7.02. The lowest BCUT2D eigenvalue weighted by atomic mass is 10.1. The summed E-state index contributed by atoms with van der Waals surface area (Å²) < 4.78 is 5.05. The number of rotatable bonds is 3. The smallest absolute Gasteiger partial charge is 0.213 e. The summed E-state index contributed by atoms with van der Waals surface area (Å²) in [5.74, 6) is 0.137. The van der Waals surface area contributed by atoms with Gasteiger partial charge < -0.3 is 10.5 Å². The van der Waals surface area contributed by atoms with E-state index in [9.17, 15) is 0 Å². The fourth-order valence-corrected chi connectivity index (χ4v) is 1.34. The molecule has 0 aliphatic rings. The van der Waals surface area contributed by atoms with Gasteiger partial charge in [0, 0.05) is 17.1 Å². The van der Waals surface area contributed by atoms with Crippen molar-refractivity contribution in [2.45, 2.75) is 13.5 Å². The van der Waals surface area contributed by atoms with E-state index >= 15 is 0 Å². The van der Waals surface area contributed by atoms with Crippen LogP contribution < -0.4 is 5.73 Å². The van der Waals surface area contributed by atoms with Crippen LogP contribution >= 0.6 is 11.6 Å². The molecular weight excluding hydrogens is 200 g/mol. The highest BCUT2D eigenvalue weighted by molar-refractivity contribution is 6.31. The Bertz CT molecular complexity index is 339. The fraction of sp³-hybridized carbons (Fsp3) is 0.300. The Morgan fingerprint density at radius 3 is 2.79 bits per heavy atom. The van der Waals surface area contributed by atoms with Gasteiger partial charge in [0.2, 0.25) is 5.90 Å². The lowest BCUT2D eigenvalue weighted by Crippen LogP contribution is -2.05. The zero-order valence-electron chi connectivity index (χ0n) is 8.01. The minimum Gasteiger partial charge on any atom is -0.478 e. The maximum absolute atomic E-state index is 7.54. The second kappa shape index (κ2) is 4.98. The average Bonchev–Trinajstić information content (AvgIpc) is 2.18. The maximum atomic E-state index is 7.54. The Labute approximate surface area is 88.3 Å². The van der Waals surface area contributed by atoms with E-state index in [1.165, 1.54) is 0 Å². The van der Waals surface area contributed by atoms with Crippen molar-refractivity contribution >= 4 is 17.5 Å². The summed E-state index contributed by atoms with van der Waals surface area (Å²) in [6, 6.07) is 5.29. The highest BCUT2D eigenvalue weighted by Gasteiger charge is 2.05. The first kappa shape index (κ1) is 11.0. The molecule has 0 aliphatic carbocycles. The average molecular weight is 213 g/mol. The van der Waals surface area contributed by atoms with Gasteiger partial charge in [-0.05, 0) is 24.6 Å². The molecule has 4 heteroatoms. The summed E-state index contributed by atoms with van der Waals surface area (Å²) in [6.07, 6.45) is 0. The van der Waals surface area contributed by atoms with Crippen LogP contribution in [0.4, 0.5) is 0 Å². The van der Waals surface area contributed by atoms with E-state index in [0.29, 0.717) is 23.7 Å². The normalized spacial score (nSPS) is 9.93. The molecule has 3 N–H and O–H groups in total. The van der Waals surface area contributed by atoms with Gasteiger partial charge in [0.25, 0.3) is 0 Å². The van der Waals surface area contributed by atoms with Gasteiger partial charge >= 0.3 is 0 Å². The molecule has 3 nitrogen and oxygen atoms in total. The zero-order chi connectivity index (χ0) is 10.6. The molecule has 0 heterocycles. The molecule has 1 aromatic carbocycles. The maximum Gasteiger partial charge on any atom is 0.213 e. The highest BCUT2D eigenvalue weighted by atomic mass is 35.5. The van der Waals surface area contributed by atoms with E-state index in [-0.39, 0.29) is 5.90 Å². The first-order valence-corrected chi connectivity index (χ1v) is 4.77. The number of nitrogens with two attached hydrogens (primary N) is 1. The summed E-state index contributed by atoms with van der Waals surface area (Å²) in [4.78, 5) is 0. The Balaban J connectivity index is 2.91. The van der Waals surface area contributed by atoms with Crippen LogP contribution in [0, 0.1) is 5.41 Å². The molecule has 14 heavy (non-hydrogen) atoms. The molecule has 0 fully saturated rings. The van der Waals surface area contributed by atoms with E-state index < -0.39 is 0 Å². The fourth-order valence-electron chi connectivity index (χ4n) is 1.08. The Hall–Kier alpha value is -1.06. The predicted octanol–water partition coefficient (Wildman–Crippen LogP) is 2.16. The number of nitrogens with one attached hydrogen (secondary N) is 1. The first-order chi connectivity index (χ1) is 6.69. The van der Waals surface area contributed by atoms with Crippen molar-refractivity contribution in [3.05, 3.63) is 34.3 Å². The minimum atomic E-state index is 0.137. The number of benzene rings is 1. The van der Waals surface area contributed by atoms with Gasteiger partial charge in [-0.1, -0.05) is 17.7 Å². The van der Waals surface area contributed by atoms with Crippen molar-refractivity contribution in [2.75, 3.05) is 6.61 Å². The Morgan fingerprint density at radius 2 is 2.29 bits per heavy atom. The van der Waals surface area contributed by atoms with Crippen LogP contribution in [0.5, 0.6) is 0 Å². The van der Waals surface area contributed by atoms with Gasteiger partial charge in [-0.25, -0.2) is 0 Å². The summed E-state index contributed by atoms with van der Waals surface area (Å²) in [5, 5.41) is 8.12. The highest BCUT2D eigenvalue weighted by Crippen LogP contribution is 2.17. The minimum absolute atomic E-state index is 0.137. The number of hydrogen-bond acceptors (Lipinski definition) is 3. The van der Waals surface area contributed by atoms with Crippen LogP contribution in [0.15, 0.2) is 18.2 Å². The van der Waals surface area contributed by atoms with Crippen LogP contribution in [0.1, 0.15) is 18.1 Å². The van der Waals surface area contributed by atoms with Crippen molar-refractivity contribution in [2.24, 2.45) is 5.73 Å². The van der Waals surface area contributed by atoms with Gasteiger partial charge in [0.1, 0.15) is 0 Å². The zero-order valence-corrected chi connectivity index (χ0v) is 8.77. The van der Waals surface area contributed by atoms with Gasteiger partial charge in [-0.15, -0.1) is 0 Å². The van der Waals surface area contributed by atoms with Gasteiger partial charge in [0.05, 0.1) is 6.61 Å². The van der Waals surface area contributed by atoms with Crippen LogP contribution in [-0.4, -0.2) is 12.5 Å². The van der Waals surface area contributed by atoms with Crippen LogP contribution in [0.3, 0.4) is 0 Å². The largest absolute Gasteiger partial charge is 0.478 e. The van der Waals surface area contributed by atoms with Gasteiger partial charge in [-0.3, -0.25) is 5.41 Å². The molecule has 0 aliphatic heterocycles. The Kier molecular flexibility index (Phi) is 3.92. The van der Waals surface area contributed by atoms with Crippen molar-refractivity contribution in [1.29, 1.82) is 5.41 Å². The van der Waals surface area contributed by atoms with Gasteiger partial charge in [0.15, 0.2) is 0 Å². The summed E-state index contributed by atoms with van der Waals surface area (Å²) in [6.45, 7) is 2.72. The molecule has 0 radical (unpaired) electrons. The molecule has 0 saturated heterocycles. The van der Waals surface area contributed by atoms with E-state index in [2.05, 4.69) is 0 Å². The first-order valence-electron chi connectivity index (χ1n) is 4.39. The molecule has 76 valence electrons. The second-order valence-electron chi connectivity index (χ2n) is 2.77. The van der Waals surface area contributed by atoms with Crippen molar-refractivity contribution in [1.82, 2.24) is 0 Å². The van der Waals surface area contributed by atoms with Crippen molar-refractivity contribution < 1.29 is 4.74 Å². The molecule has 0 amide bonds. The molecule has 1 aromatic rings. The molecule has 0 aromatic heterocycles. The second-order valence-corrected chi connectivity index (χ2v) is 3.18. The molecule has 1 rings (SSSR count). The summed E-state index contributed by atoms with van der Waals surface area (Å²) in [7, 11) is 0. The lowest BCUT2D eigenvalue weighted by molar-refractivity contribution is 0.325. The standard InChI is InChI=1S/C10H13ClN2O/c1-2-14-10(13)7-3-4-8(6-12)9(11)5-7/h3-5,13H,2,6,12H2,1H3. The summed E-state index contributed by atoms with van der Waals surface area (Å²) >= 11 is 5.94. The van der Waals surface area contributed by atoms with E-state index in [1.807, 2.05) is 13.0 Å². The Morgan fingerprint density at radius 1 is 1.57 bits per heavy atom. The number of halogens is 1. The molecule has 0 saturated carbocycles. The van der Waals surface area contributed by atoms with Crippen molar-refractivity contribution in [3.8, 4) is 0 Å². The lowest BCUT2D eigenvalue weighted by Gasteiger charge is -2.07. The molecule has 0 atom stereocenters. The SMILES string of the molecule is CCOC(=N)c1ccc(CN)c(Cl)c1. The quantitative estimate of drug-likeness (QED) is 0.596. The van der Waals surface area contributed by atoms with E-state index in [1.54, 1.807) is 12.1 Å². The van der Waals surface area contributed by atoms with E-state index in [0.717, 1.165) is 5.56 Å². The van der Waals surface area contributed by atoms with Crippen LogP contribution in [-0.2, 0) is 11.3 Å². The number of hydrogen-bond donors (Lipinski definition) is 2. The topological polar surface area (TPSA) is 59.1 Å².